The highest BCUT2D eigenvalue weighted by atomic mass is 16.5. The number of hydrogen-bond acceptors (Lipinski definition) is 4. The number of rotatable bonds is 4. The number of nitrogens with one attached hydrogen (secondary N) is 2. The van der Waals surface area contributed by atoms with Crippen molar-refractivity contribution in [2.24, 2.45) is 17.8 Å². The van der Waals surface area contributed by atoms with Gasteiger partial charge in [-0.05, 0) is 37.0 Å². The third-order valence-corrected chi connectivity index (χ3v) is 4.24. The highest BCUT2D eigenvalue weighted by molar-refractivity contribution is 5.89. The predicted molar refractivity (Wildman–Crippen MR) is 65.1 cm³/mol. The van der Waals surface area contributed by atoms with Crippen molar-refractivity contribution in [1.29, 1.82) is 0 Å². The van der Waals surface area contributed by atoms with E-state index >= 15 is 0 Å². The van der Waals surface area contributed by atoms with E-state index < -0.39 is 0 Å². The van der Waals surface area contributed by atoms with Gasteiger partial charge in [0, 0.05) is 6.42 Å². The molecule has 98 valence electrons. The maximum atomic E-state index is 11.9. The molecule has 0 spiro atoms. The molecule has 0 saturated heterocycles. The van der Waals surface area contributed by atoms with Gasteiger partial charge in [0.2, 0.25) is 11.9 Å². The molecular weight excluding hydrogens is 232 g/mol. The van der Waals surface area contributed by atoms with Gasteiger partial charge in [0.1, 0.15) is 0 Å². The lowest BCUT2D eigenvalue weighted by molar-refractivity contribution is -0.117. The molecule has 2 saturated carbocycles. The number of carbonyl (C=O) groups is 1. The van der Waals surface area contributed by atoms with Crippen molar-refractivity contribution in [3.8, 4) is 6.01 Å². The first-order chi connectivity index (χ1) is 8.74. The summed E-state index contributed by atoms with van der Waals surface area (Å²) in [6, 6.07) is 0.241. The van der Waals surface area contributed by atoms with Gasteiger partial charge >= 0.3 is 6.01 Å². The molecule has 1 amide bonds. The summed E-state index contributed by atoms with van der Waals surface area (Å²) in [5.41, 5.74) is 0. The molecule has 6 heteroatoms. The van der Waals surface area contributed by atoms with Gasteiger partial charge in [-0.1, -0.05) is 6.42 Å². The van der Waals surface area contributed by atoms with E-state index in [9.17, 15) is 4.79 Å². The van der Waals surface area contributed by atoms with Crippen molar-refractivity contribution in [3.05, 3.63) is 0 Å². The van der Waals surface area contributed by atoms with Crippen LogP contribution >= 0.6 is 0 Å². The van der Waals surface area contributed by atoms with Crippen molar-refractivity contribution in [2.75, 3.05) is 12.4 Å². The molecule has 0 aromatic carbocycles. The number of methoxy groups -OCH3 is 1. The minimum Gasteiger partial charge on any atom is -0.466 e. The number of nitrogens with zero attached hydrogens (tertiary/aromatic N) is 2. The molecule has 2 aliphatic rings. The van der Waals surface area contributed by atoms with Crippen molar-refractivity contribution >= 4 is 11.9 Å². The topological polar surface area (TPSA) is 79.9 Å². The number of fused-ring (bicyclic) bond motifs is 2. The lowest BCUT2D eigenvalue weighted by Crippen LogP contribution is -2.20. The fourth-order valence-electron chi connectivity index (χ4n) is 3.44. The second-order valence-corrected chi connectivity index (χ2v) is 5.36. The quantitative estimate of drug-likeness (QED) is 0.850. The number of hydrogen-bond donors (Lipinski definition) is 2. The van der Waals surface area contributed by atoms with Crippen LogP contribution in [0.25, 0.3) is 0 Å². The van der Waals surface area contributed by atoms with Gasteiger partial charge in [-0.25, -0.2) is 5.10 Å². The Morgan fingerprint density at radius 1 is 1.50 bits per heavy atom. The van der Waals surface area contributed by atoms with Crippen LogP contribution in [0.3, 0.4) is 0 Å². The molecule has 2 bridgehead atoms. The number of carbonyl (C=O) groups excluding carboxylic acids is 1. The van der Waals surface area contributed by atoms with E-state index in [1.54, 1.807) is 0 Å². The third-order valence-electron chi connectivity index (χ3n) is 4.24. The maximum Gasteiger partial charge on any atom is 0.336 e. The Labute approximate surface area is 106 Å². The van der Waals surface area contributed by atoms with Crippen LogP contribution in [0.1, 0.15) is 32.1 Å². The second-order valence-electron chi connectivity index (χ2n) is 5.36. The average Bonchev–Trinajstić information content (AvgIpc) is 3.04. The number of aromatic amines is 1. The van der Waals surface area contributed by atoms with Gasteiger partial charge in [0.05, 0.1) is 7.11 Å². The zero-order valence-electron chi connectivity index (χ0n) is 10.5. The first-order valence-electron chi connectivity index (χ1n) is 6.51. The Morgan fingerprint density at radius 2 is 2.39 bits per heavy atom. The van der Waals surface area contributed by atoms with Crippen LogP contribution in [0.2, 0.25) is 0 Å². The van der Waals surface area contributed by atoms with E-state index in [-0.39, 0.29) is 11.9 Å². The van der Waals surface area contributed by atoms with Gasteiger partial charge in [-0.3, -0.25) is 10.1 Å². The molecule has 1 aromatic heterocycles. The van der Waals surface area contributed by atoms with Crippen molar-refractivity contribution in [1.82, 2.24) is 15.2 Å². The van der Waals surface area contributed by atoms with Crippen molar-refractivity contribution in [2.45, 2.75) is 32.1 Å². The average molecular weight is 250 g/mol. The fourth-order valence-corrected chi connectivity index (χ4v) is 3.44. The van der Waals surface area contributed by atoms with Gasteiger partial charge < -0.3 is 4.74 Å². The van der Waals surface area contributed by atoms with Crippen LogP contribution in [0.15, 0.2) is 0 Å². The first-order valence-corrected chi connectivity index (χ1v) is 6.51. The lowest BCUT2D eigenvalue weighted by Gasteiger charge is -2.20. The van der Waals surface area contributed by atoms with E-state index in [0.717, 1.165) is 11.8 Å². The van der Waals surface area contributed by atoms with Crippen molar-refractivity contribution in [3.63, 3.8) is 0 Å². The molecule has 2 fully saturated rings. The minimum atomic E-state index is 0.0198. The molecule has 18 heavy (non-hydrogen) atoms. The number of aromatic nitrogens is 3. The Bertz CT molecular complexity index is 445. The Kier molecular flexibility index (Phi) is 2.93. The van der Waals surface area contributed by atoms with Crippen LogP contribution in [-0.4, -0.2) is 28.2 Å². The van der Waals surface area contributed by atoms with Gasteiger partial charge in [0.15, 0.2) is 0 Å². The molecule has 6 nitrogen and oxygen atoms in total. The standard InChI is InChI=1S/C12H18N4O2/c1-18-12-14-11(15-16-12)13-10(17)6-9-5-7-2-3-8(9)4-7/h7-9H,2-6H2,1H3,(H2,13,14,15,16,17). The minimum absolute atomic E-state index is 0.0198. The molecule has 0 radical (unpaired) electrons. The lowest BCUT2D eigenvalue weighted by atomic mass is 9.86. The summed E-state index contributed by atoms with van der Waals surface area (Å²) in [4.78, 5) is 15.9. The summed E-state index contributed by atoms with van der Waals surface area (Å²) in [7, 11) is 1.49. The SMILES string of the molecule is COc1n[nH]c(NC(=O)CC2CC3CCC2C3)n1. The fraction of sp³-hybridized carbons (Fsp3) is 0.750. The zero-order valence-corrected chi connectivity index (χ0v) is 10.5. The summed E-state index contributed by atoms with van der Waals surface area (Å²) in [6.45, 7) is 0. The summed E-state index contributed by atoms with van der Waals surface area (Å²) >= 11 is 0. The maximum absolute atomic E-state index is 11.9. The molecular formula is C12H18N4O2. The molecule has 3 rings (SSSR count). The number of amides is 1. The van der Waals surface area contributed by atoms with Crippen LogP contribution < -0.4 is 10.1 Å². The van der Waals surface area contributed by atoms with Crippen molar-refractivity contribution < 1.29 is 9.53 Å². The number of H-pyrrole nitrogens is 1. The molecule has 0 aliphatic heterocycles. The molecule has 1 aromatic rings. The highest BCUT2D eigenvalue weighted by Gasteiger charge is 2.40. The Hall–Kier alpha value is -1.59. The summed E-state index contributed by atoms with van der Waals surface area (Å²) in [6.07, 6.45) is 5.82. The monoisotopic (exact) mass is 250 g/mol. The molecule has 2 N–H and O–H groups in total. The van der Waals surface area contributed by atoms with Crippen LogP contribution in [0, 0.1) is 17.8 Å². The highest BCUT2D eigenvalue weighted by Crippen LogP contribution is 2.49. The number of ether oxygens (including phenoxy) is 1. The largest absolute Gasteiger partial charge is 0.466 e. The van der Waals surface area contributed by atoms with E-state index in [2.05, 4.69) is 20.5 Å². The predicted octanol–water partition coefficient (Wildman–Crippen LogP) is 1.58. The van der Waals surface area contributed by atoms with E-state index in [1.165, 1.54) is 32.8 Å². The Balaban J connectivity index is 1.52. The van der Waals surface area contributed by atoms with E-state index in [1.807, 2.05) is 0 Å². The number of anilines is 1. The molecule has 3 atom stereocenters. The molecule has 2 aliphatic carbocycles. The molecule has 3 unspecified atom stereocenters. The smallest absolute Gasteiger partial charge is 0.336 e. The van der Waals surface area contributed by atoms with Crippen LogP contribution in [-0.2, 0) is 4.79 Å². The van der Waals surface area contributed by atoms with Gasteiger partial charge in [-0.2, -0.15) is 4.98 Å². The van der Waals surface area contributed by atoms with Crippen LogP contribution in [0.5, 0.6) is 6.01 Å². The normalized spacial score (nSPS) is 29.5. The summed E-state index contributed by atoms with van der Waals surface area (Å²) in [5.74, 6) is 2.59. The van der Waals surface area contributed by atoms with E-state index in [0.29, 0.717) is 18.3 Å². The summed E-state index contributed by atoms with van der Waals surface area (Å²) < 4.78 is 4.85. The molecule has 1 heterocycles. The van der Waals surface area contributed by atoms with E-state index in [4.69, 9.17) is 4.74 Å². The van der Waals surface area contributed by atoms with Gasteiger partial charge in [-0.15, -0.1) is 5.10 Å². The first kappa shape index (κ1) is 11.5. The summed E-state index contributed by atoms with van der Waals surface area (Å²) in [5, 5.41) is 9.15. The third kappa shape index (κ3) is 2.19. The second kappa shape index (κ2) is 4.59. The Morgan fingerprint density at radius 3 is 3.00 bits per heavy atom. The van der Waals surface area contributed by atoms with Crippen LogP contribution in [0.4, 0.5) is 5.95 Å². The zero-order chi connectivity index (χ0) is 12.5. The van der Waals surface area contributed by atoms with Gasteiger partial charge in [0.25, 0.3) is 0 Å².